The monoisotopic (exact) mass is 229 g/mol. The zero-order chi connectivity index (χ0) is 12.1. The largest absolute Gasteiger partial charge is 0.353 e. The second kappa shape index (κ2) is 5.34. The Morgan fingerprint density at radius 3 is 2.38 bits per heavy atom. The molecule has 0 radical (unpaired) electrons. The lowest BCUT2D eigenvalue weighted by Crippen LogP contribution is -2.19. The summed E-state index contributed by atoms with van der Waals surface area (Å²) >= 11 is 0. The molecule has 2 nitrogen and oxygen atoms in total. The van der Waals surface area contributed by atoms with E-state index in [0.717, 1.165) is 6.08 Å². The molecule has 0 aliphatic rings. The molecule has 1 aromatic carbocycles. The molecule has 0 bridgehead atoms. The van der Waals surface area contributed by atoms with Crippen molar-refractivity contribution in [3.8, 4) is 0 Å². The van der Waals surface area contributed by atoms with Crippen molar-refractivity contribution in [3.63, 3.8) is 0 Å². The maximum Gasteiger partial charge on any atom is 0.217 e. The van der Waals surface area contributed by atoms with Crippen LogP contribution in [0.2, 0.25) is 0 Å². The molecule has 1 amide bonds. The third kappa shape index (κ3) is 3.42. The maximum atomic E-state index is 13.1. The molecular weight excluding hydrogens is 219 g/mol. The van der Waals surface area contributed by atoms with Crippen LogP contribution in [0.25, 0.3) is 6.08 Å². The van der Waals surface area contributed by atoms with E-state index in [1.807, 2.05) is 0 Å². The summed E-state index contributed by atoms with van der Waals surface area (Å²) in [5, 5.41) is 2.42. The standard InChI is InChI=1S/C11H10F3NO/c1-7(16)15-4-2-3-9-10(13)5-8(12)6-11(9)14/h2-3,5-6H,4H2,1H3,(H,15,16). The summed E-state index contributed by atoms with van der Waals surface area (Å²) in [6.07, 6.45) is 2.53. The summed E-state index contributed by atoms with van der Waals surface area (Å²) in [6.45, 7) is 1.48. The van der Waals surface area contributed by atoms with Gasteiger partial charge < -0.3 is 5.32 Å². The van der Waals surface area contributed by atoms with Crippen LogP contribution in [0.1, 0.15) is 12.5 Å². The van der Waals surface area contributed by atoms with E-state index in [1.165, 1.54) is 13.0 Å². The molecule has 0 aromatic heterocycles. The van der Waals surface area contributed by atoms with E-state index >= 15 is 0 Å². The van der Waals surface area contributed by atoms with Gasteiger partial charge in [0.15, 0.2) is 0 Å². The minimum atomic E-state index is -0.975. The molecule has 0 saturated carbocycles. The molecular formula is C11H10F3NO. The fraction of sp³-hybridized carbons (Fsp3) is 0.182. The molecule has 0 fully saturated rings. The molecule has 0 aliphatic carbocycles. The molecule has 86 valence electrons. The Morgan fingerprint density at radius 1 is 1.31 bits per heavy atom. The van der Waals surface area contributed by atoms with E-state index in [9.17, 15) is 18.0 Å². The second-order valence-corrected chi connectivity index (χ2v) is 3.12. The molecule has 0 unspecified atom stereocenters. The quantitative estimate of drug-likeness (QED) is 0.846. The van der Waals surface area contributed by atoms with E-state index in [2.05, 4.69) is 5.32 Å². The number of amides is 1. The number of benzene rings is 1. The van der Waals surface area contributed by atoms with Crippen molar-refractivity contribution in [2.24, 2.45) is 0 Å². The number of rotatable bonds is 3. The van der Waals surface area contributed by atoms with Crippen LogP contribution in [-0.4, -0.2) is 12.5 Å². The van der Waals surface area contributed by atoms with E-state index in [-0.39, 0.29) is 18.0 Å². The van der Waals surface area contributed by atoms with Gasteiger partial charge in [-0.3, -0.25) is 4.79 Å². The summed E-state index contributed by atoms with van der Waals surface area (Å²) in [5.74, 6) is -3.16. The van der Waals surface area contributed by atoms with Crippen LogP contribution in [-0.2, 0) is 4.79 Å². The Balaban J connectivity index is 2.77. The SMILES string of the molecule is CC(=O)NCC=Cc1c(F)cc(F)cc1F. The molecule has 0 spiro atoms. The fourth-order valence-electron chi connectivity index (χ4n) is 1.09. The predicted octanol–water partition coefficient (Wildman–Crippen LogP) is 2.25. The molecule has 0 saturated heterocycles. The lowest BCUT2D eigenvalue weighted by Gasteiger charge is -2.00. The first kappa shape index (κ1) is 12.3. The lowest BCUT2D eigenvalue weighted by molar-refractivity contribution is -0.118. The van der Waals surface area contributed by atoms with Crippen molar-refractivity contribution in [2.75, 3.05) is 6.54 Å². The minimum Gasteiger partial charge on any atom is -0.353 e. The normalized spacial score (nSPS) is 10.8. The van der Waals surface area contributed by atoms with E-state index in [1.54, 1.807) is 0 Å². The summed E-state index contributed by atoms with van der Waals surface area (Å²) in [4.78, 5) is 10.5. The van der Waals surface area contributed by atoms with Crippen molar-refractivity contribution < 1.29 is 18.0 Å². The number of carbonyl (C=O) groups is 1. The Morgan fingerprint density at radius 2 is 1.88 bits per heavy atom. The zero-order valence-electron chi connectivity index (χ0n) is 8.56. The molecule has 1 aromatic rings. The van der Waals surface area contributed by atoms with Crippen LogP contribution in [0, 0.1) is 17.5 Å². The van der Waals surface area contributed by atoms with Gasteiger partial charge in [0, 0.05) is 31.2 Å². The Labute approximate surface area is 90.8 Å². The van der Waals surface area contributed by atoms with Gasteiger partial charge in [-0.05, 0) is 0 Å². The van der Waals surface area contributed by atoms with Crippen LogP contribution in [0.4, 0.5) is 13.2 Å². The molecule has 1 N–H and O–H groups in total. The highest BCUT2D eigenvalue weighted by atomic mass is 19.1. The van der Waals surface area contributed by atoms with Gasteiger partial charge in [0.1, 0.15) is 17.5 Å². The van der Waals surface area contributed by atoms with E-state index in [4.69, 9.17) is 0 Å². The Kier molecular flexibility index (Phi) is 4.10. The van der Waals surface area contributed by atoms with Crippen molar-refractivity contribution in [2.45, 2.75) is 6.92 Å². The summed E-state index contributed by atoms with van der Waals surface area (Å²) in [5.41, 5.74) is -0.327. The smallest absolute Gasteiger partial charge is 0.217 e. The lowest BCUT2D eigenvalue weighted by atomic mass is 10.2. The van der Waals surface area contributed by atoms with Gasteiger partial charge in [0.2, 0.25) is 5.91 Å². The van der Waals surface area contributed by atoms with Crippen molar-refractivity contribution in [1.29, 1.82) is 0 Å². The predicted molar refractivity (Wildman–Crippen MR) is 54.0 cm³/mol. The van der Waals surface area contributed by atoms with Crippen molar-refractivity contribution in [3.05, 3.63) is 41.2 Å². The Hall–Kier alpha value is -1.78. The number of nitrogens with one attached hydrogen (secondary N) is 1. The highest BCUT2D eigenvalue weighted by molar-refractivity contribution is 5.73. The van der Waals surface area contributed by atoms with Crippen LogP contribution in [0.15, 0.2) is 18.2 Å². The van der Waals surface area contributed by atoms with Gasteiger partial charge in [-0.25, -0.2) is 13.2 Å². The van der Waals surface area contributed by atoms with Crippen LogP contribution in [0.3, 0.4) is 0 Å². The second-order valence-electron chi connectivity index (χ2n) is 3.12. The third-order valence-electron chi connectivity index (χ3n) is 1.80. The molecule has 16 heavy (non-hydrogen) atoms. The summed E-state index contributed by atoms with van der Waals surface area (Å²) in [7, 11) is 0. The van der Waals surface area contributed by atoms with Gasteiger partial charge in [-0.1, -0.05) is 12.2 Å². The maximum absolute atomic E-state index is 13.1. The summed E-state index contributed by atoms with van der Waals surface area (Å²) < 4.78 is 38.7. The van der Waals surface area contributed by atoms with Crippen molar-refractivity contribution >= 4 is 12.0 Å². The first-order valence-corrected chi connectivity index (χ1v) is 4.56. The van der Waals surface area contributed by atoms with Gasteiger partial charge >= 0.3 is 0 Å². The molecule has 0 heterocycles. The molecule has 5 heteroatoms. The highest BCUT2D eigenvalue weighted by Gasteiger charge is 2.07. The summed E-state index contributed by atoms with van der Waals surface area (Å²) in [6, 6.07) is 1.20. The fourth-order valence-corrected chi connectivity index (χ4v) is 1.09. The molecule has 0 aliphatic heterocycles. The number of hydrogen-bond donors (Lipinski definition) is 1. The molecule has 0 atom stereocenters. The van der Waals surface area contributed by atoms with Crippen LogP contribution < -0.4 is 5.32 Å². The highest BCUT2D eigenvalue weighted by Crippen LogP contribution is 2.15. The average molecular weight is 229 g/mol. The van der Waals surface area contributed by atoms with Crippen LogP contribution >= 0.6 is 0 Å². The van der Waals surface area contributed by atoms with E-state index in [0.29, 0.717) is 12.1 Å². The molecule has 1 rings (SSSR count). The van der Waals surface area contributed by atoms with Gasteiger partial charge in [-0.2, -0.15) is 0 Å². The van der Waals surface area contributed by atoms with Crippen LogP contribution in [0.5, 0.6) is 0 Å². The number of hydrogen-bond acceptors (Lipinski definition) is 1. The van der Waals surface area contributed by atoms with E-state index < -0.39 is 17.5 Å². The number of carbonyl (C=O) groups excluding carboxylic acids is 1. The zero-order valence-corrected chi connectivity index (χ0v) is 8.56. The minimum absolute atomic E-state index is 0.158. The van der Waals surface area contributed by atoms with Crippen molar-refractivity contribution in [1.82, 2.24) is 5.32 Å². The van der Waals surface area contributed by atoms with Gasteiger partial charge in [0.05, 0.1) is 0 Å². The Bertz CT molecular complexity index is 406. The first-order valence-electron chi connectivity index (χ1n) is 4.56. The first-order chi connectivity index (χ1) is 7.50. The number of halogens is 3. The third-order valence-corrected chi connectivity index (χ3v) is 1.80. The average Bonchev–Trinajstić information content (AvgIpc) is 2.14. The topological polar surface area (TPSA) is 29.1 Å². The van der Waals surface area contributed by atoms with Gasteiger partial charge in [-0.15, -0.1) is 0 Å². The van der Waals surface area contributed by atoms with Gasteiger partial charge in [0.25, 0.3) is 0 Å².